The monoisotopic (exact) mass is 251 g/mol. The Hall–Kier alpha value is -1.95. The number of hydrogen-bond acceptors (Lipinski definition) is 4. The number of benzene rings is 1. The Balaban J connectivity index is 2.97. The number of nitro benzene ring substituents is 1. The third kappa shape index (κ3) is 3.27. The number of nitro groups is 1. The van der Waals surface area contributed by atoms with Gasteiger partial charge in [-0.1, -0.05) is 6.07 Å². The van der Waals surface area contributed by atoms with Gasteiger partial charge < -0.3 is 10.2 Å². The van der Waals surface area contributed by atoms with Gasteiger partial charge in [0.2, 0.25) is 0 Å². The minimum atomic E-state index is -0.496. The Bertz CT molecular complexity index is 460. The summed E-state index contributed by atoms with van der Waals surface area (Å²) in [5.41, 5.74) is 1.05. The van der Waals surface area contributed by atoms with Gasteiger partial charge >= 0.3 is 0 Å². The molecule has 0 aliphatic heterocycles. The summed E-state index contributed by atoms with van der Waals surface area (Å²) in [6, 6.07) is 4.32. The summed E-state index contributed by atoms with van der Waals surface area (Å²) >= 11 is 0. The van der Waals surface area contributed by atoms with Crippen LogP contribution in [0.15, 0.2) is 18.2 Å². The molecule has 0 saturated heterocycles. The van der Waals surface area contributed by atoms with Crippen molar-refractivity contribution in [2.75, 3.05) is 27.2 Å². The van der Waals surface area contributed by atoms with Gasteiger partial charge in [0.25, 0.3) is 11.6 Å². The van der Waals surface area contributed by atoms with E-state index in [1.807, 2.05) is 0 Å². The zero-order chi connectivity index (χ0) is 13.7. The van der Waals surface area contributed by atoms with Crippen molar-refractivity contribution < 1.29 is 9.72 Å². The van der Waals surface area contributed by atoms with E-state index in [9.17, 15) is 14.9 Å². The summed E-state index contributed by atoms with van der Waals surface area (Å²) in [7, 11) is 3.48. The highest BCUT2D eigenvalue weighted by Crippen LogP contribution is 2.18. The summed E-state index contributed by atoms with van der Waals surface area (Å²) in [5, 5.41) is 13.6. The van der Waals surface area contributed by atoms with Crippen LogP contribution < -0.4 is 5.32 Å². The fourth-order valence-corrected chi connectivity index (χ4v) is 1.54. The van der Waals surface area contributed by atoms with Crippen molar-refractivity contribution in [1.82, 2.24) is 10.2 Å². The molecule has 0 atom stereocenters. The highest BCUT2D eigenvalue weighted by atomic mass is 16.6. The molecule has 0 saturated carbocycles. The van der Waals surface area contributed by atoms with Crippen LogP contribution in [0, 0.1) is 17.0 Å². The van der Waals surface area contributed by atoms with Crippen molar-refractivity contribution in [3.63, 3.8) is 0 Å². The standard InChI is InChI=1S/C12H17N3O3/c1-9-4-5-10(15(17)18)8-11(9)12(16)14(3)7-6-13-2/h4-5,8,13H,6-7H2,1-3H3. The first-order chi connectivity index (χ1) is 8.47. The molecule has 0 unspecified atom stereocenters. The highest BCUT2D eigenvalue weighted by Gasteiger charge is 2.17. The van der Waals surface area contributed by atoms with E-state index in [4.69, 9.17) is 0 Å². The van der Waals surface area contributed by atoms with Gasteiger partial charge in [-0.3, -0.25) is 14.9 Å². The molecule has 0 fully saturated rings. The maximum absolute atomic E-state index is 12.1. The van der Waals surface area contributed by atoms with E-state index in [2.05, 4.69) is 5.32 Å². The van der Waals surface area contributed by atoms with Gasteiger partial charge in [0.1, 0.15) is 0 Å². The van der Waals surface area contributed by atoms with Gasteiger partial charge in [-0.25, -0.2) is 0 Å². The molecule has 0 bridgehead atoms. The van der Waals surface area contributed by atoms with Crippen molar-refractivity contribution in [2.45, 2.75) is 6.92 Å². The summed E-state index contributed by atoms with van der Waals surface area (Å²) < 4.78 is 0. The van der Waals surface area contributed by atoms with Crippen LogP contribution in [0.2, 0.25) is 0 Å². The van der Waals surface area contributed by atoms with Crippen LogP contribution in [0.5, 0.6) is 0 Å². The summed E-state index contributed by atoms with van der Waals surface area (Å²) in [6.45, 7) is 3.00. The maximum Gasteiger partial charge on any atom is 0.270 e. The first-order valence-electron chi connectivity index (χ1n) is 5.62. The molecule has 1 N–H and O–H groups in total. The number of carbonyl (C=O) groups excluding carboxylic acids is 1. The zero-order valence-electron chi connectivity index (χ0n) is 10.8. The number of carbonyl (C=O) groups is 1. The second-order valence-electron chi connectivity index (χ2n) is 4.09. The molecular formula is C12H17N3O3. The second-order valence-corrected chi connectivity index (χ2v) is 4.09. The van der Waals surface area contributed by atoms with E-state index < -0.39 is 4.92 Å². The Morgan fingerprint density at radius 3 is 2.72 bits per heavy atom. The Morgan fingerprint density at radius 2 is 2.17 bits per heavy atom. The number of amides is 1. The molecule has 1 rings (SSSR count). The number of aryl methyl sites for hydroxylation is 1. The van der Waals surface area contributed by atoms with Crippen molar-refractivity contribution in [3.8, 4) is 0 Å². The molecule has 0 spiro atoms. The quantitative estimate of drug-likeness (QED) is 0.630. The fraction of sp³-hybridized carbons (Fsp3) is 0.417. The first kappa shape index (κ1) is 14.1. The predicted octanol–water partition coefficient (Wildman–Crippen LogP) is 1.19. The van der Waals surface area contributed by atoms with Crippen molar-refractivity contribution in [1.29, 1.82) is 0 Å². The normalized spacial score (nSPS) is 10.2. The van der Waals surface area contributed by atoms with Gasteiger partial charge in [0, 0.05) is 37.8 Å². The minimum absolute atomic E-state index is 0.0639. The molecule has 6 nitrogen and oxygen atoms in total. The van der Waals surface area contributed by atoms with Crippen LogP contribution in [-0.4, -0.2) is 42.9 Å². The van der Waals surface area contributed by atoms with E-state index in [1.54, 1.807) is 32.0 Å². The zero-order valence-corrected chi connectivity index (χ0v) is 10.8. The largest absolute Gasteiger partial charge is 0.340 e. The summed E-state index contributed by atoms with van der Waals surface area (Å²) in [6.07, 6.45) is 0. The van der Waals surface area contributed by atoms with Crippen LogP contribution in [0.4, 0.5) is 5.69 Å². The molecule has 6 heteroatoms. The lowest BCUT2D eigenvalue weighted by Gasteiger charge is -2.17. The number of likely N-dealkylation sites (N-methyl/N-ethyl adjacent to an activating group) is 2. The molecule has 98 valence electrons. The Morgan fingerprint density at radius 1 is 1.50 bits per heavy atom. The van der Waals surface area contributed by atoms with Crippen LogP contribution in [0.25, 0.3) is 0 Å². The van der Waals surface area contributed by atoms with Gasteiger partial charge in [0.05, 0.1) is 4.92 Å². The summed E-state index contributed by atoms with van der Waals surface area (Å²) in [5.74, 6) is -0.202. The lowest BCUT2D eigenvalue weighted by molar-refractivity contribution is -0.384. The number of nitrogens with one attached hydrogen (secondary N) is 1. The summed E-state index contributed by atoms with van der Waals surface area (Å²) in [4.78, 5) is 23.9. The van der Waals surface area contributed by atoms with Crippen LogP contribution >= 0.6 is 0 Å². The SMILES string of the molecule is CNCCN(C)C(=O)c1cc([N+](=O)[O-])ccc1C. The third-order valence-electron chi connectivity index (χ3n) is 2.71. The van der Waals surface area contributed by atoms with Gasteiger partial charge in [-0.05, 0) is 19.5 Å². The van der Waals surface area contributed by atoms with Gasteiger partial charge in [-0.2, -0.15) is 0 Å². The van der Waals surface area contributed by atoms with Crippen molar-refractivity contribution in [3.05, 3.63) is 39.4 Å². The van der Waals surface area contributed by atoms with Crippen LogP contribution in [0.1, 0.15) is 15.9 Å². The van der Waals surface area contributed by atoms with Gasteiger partial charge in [0.15, 0.2) is 0 Å². The van der Waals surface area contributed by atoms with Crippen molar-refractivity contribution >= 4 is 11.6 Å². The molecule has 18 heavy (non-hydrogen) atoms. The van der Waals surface area contributed by atoms with E-state index in [0.717, 1.165) is 5.56 Å². The van der Waals surface area contributed by atoms with Gasteiger partial charge in [-0.15, -0.1) is 0 Å². The fourth-order valence-electron chi connectivity index (χ4n) is 1.54. The highest BCUT2D eigenvalue weighted by molar-refractivity contribution is 5.96. The number of hydrogen-bond donors (Lipinski definition) is 1. The lowest BCUT2D eigenvalue weighted by atomic mass is 10.1. The maximum atomic E-state index is 12.1. The molecule has 0 aliphatic rings. The number of rotatable bonds is 5. The average molecular weight is 251 g/mol. The third-order valence-corrected chi connectivity index (χ3v) is 2.71. The van der Waals surface area contributed by atoms with Crippen LogP contribution in [-0.2, 0) is 0 Å². The second kappa shape index (κ2) is 6.11. The Kier molecular flexibility index (Phi) is 4.79. The molecule has 0 radical (unpaired) electrons. The number of nitrogens with zero attached hydrogens (tertiary/aromatic N) is 2. The molecule has 1 aromatic rings. The van der Waals surface area contributed by atoms with Crippen LogP contribution in [0.3, 0.4) is 0 Å². The first-order valence-corrected chi connectivity index (χ1v) is 5.62. The van der Waals surface area contributed by atoms with E-state index in [0.29, 0.717) is 18.7 Å². The van der Waals surface area contributed by atoms with E-state index in [-0.39, 0.29) is 11.6 Å². The molecule has 0 heterocycles. The lowest BCUT2D eigenvalue weighted by Crippen LogP contribution is -2.33. The average Bonchev–Trinajstić information content (AvgIpc) is 2.35. The predicted molar refractivity (Wildman–Crippen MR) is 68.7 cm³/mol. The topological polar surface area (TPSA) is 75.5 Å². The molecule has 1 amide bonds. The molecular weight excluding hydrogens is 234 g/mol. The molecule has 0 aromatic heterocycles. The minimum Gasteiger partial charge on any atom is -0.340 e. The van der Waals surface area contributed by atoms with E-state index in [1.165, 1.54) is 12.1 Å². The van der Waals surface area contributed by atoms with E-state index >= 15 is 0 Å². The Labute approximate surface area is 106 Å². The smallest absolute Gasteiger partial charge is 0.270 e. The van der Waals surface area contributed by atoms with Crippen molar-refractivity contribution in [2.24, 2.45) is 0 Å². The molecule has 1 aromatic carbocycles. The number of non-ortho nitro benzene ring substituents is 1. The molecule has 0 aliphatic carbocycles.